The monoisotopic (exact) mass is 313 g/mol. The van der Waals surface area contributed by atoms with Crippen LogP contribution in [-0.2, 0) is 17.7 Å². The Hall–Kier alpha value is -0.580. The van der Waals surface area contributed by atoms with Gasteiger partial charge < -0.3 is 15.0 Å². The Morgan fingerprint density at radius 3 is 2.90 bits per heavy atom. The van der Waals surface area contributed by atoms with E-state index in [-0.39, 0.29) is 0 Å². The molecule has 0 bridgehead atoms. The Bertz CT molecular complexity index is 402. The van der Waals surface area contributed by atoms with E-state index in [4.69, 9.17) is 16.3 Å². The molecular weight excluding hydrogens is 286 g/mol. The van der Waals surface area contributed by atoms with Gasteiger partial charge in [0.05, 0.1) is 18.4 Å². The molecule has 0 saturated heterocycles. The topological polar surface area (TPSA) is 49.9 Å². The summed E-state index contributed by atoms with van der Waals surface area (Å²) in [5, 5.41) is 3.97. The third-order valence-corrected chi connectivity index (χ3v) is 4.34. The summed E-state index contributed by atoms with van der Waals surface area (Å²) in [5.41, 5.74) is 0.987. The lowest BCUT2D eigenvalue weighted by Gasteiger charge is -2.21. The zero-order chi connectivity index (χ0) is 14.9. The molecule has 2 rings (SSSR count). The van der Waals surface area contributed by atoms with Gasteiger partial charge in [0.15, 0.2) is 5.15 Å². The van der Waals surface area contributed by atoms with E-state index in [9.17, 15) is 0 Å². The summed E-state index contributed by atoms with van der Waals surface area (Å²) in [7, 11) is 0. The lowest BCUT2D eigenvalue weighted by Crippen LogP contribution is -2.24. The SMILES string of the molecule is CCCCc1nc(Cl)c(CNCCOC2CCCCC2)[nH]1. The van der Waals surface area contributed by atoms with Crippen LogP contribution in [0.25, 0.3) is 0 Å². The molecule has 0 aliphatic heterocycles. The normalized spacial score (nSPS) is 16.5. The summed E-state index contributed by atoms with van der Waals surface area (Å²) >= 11 is 6.14. The minimum Gasteiger partial charge on any atom is -0.377 e. The lowest BCUT2D eigenvalue weighted by atomic mass is 9.98. The fraction of sp³-hybridized carbons (Fsp3) is 0.812. The van der Waals surface area contributed by atoms with E-state index in [0.717, 1.165) is 44.1 Å². The van der Waals surface area contributed by atoms with Crippen LogP contribution in [0.15, 0.2) is 0 Å². The summed E-state index contributed by atoms with van der Waals surface area (Å²) in [6.45, 7) is 4.54. The molecule has 0 amide bonds. The molecule has 0 radical (unpaired) electrons. The Morgan fingerprint density at radius 2 is 2.14 bits per heavy atom. The molecule has 1 aromatic heterocycles. The number of halogens is 1. The Balaban J connectivity index is 1.60. The minimum atomic E-state index is 0.483. The van der Waals surface area contributed by atoms with Crippen LogP contribution in [0.2, 0.25) is 5.15 Å². The molecule has 0 unspecified atom stereocenters. The van der Waals surface area contributed by atoms with Gasteiger partial charge in [0.2, 0.25) is 0 Å². The number of aromatic nitrogens is 2. The number of unbranched alkanes of at least 4 members (excludes halogenated alkanes) is 1. The van der Waals surface area contributed by atoms with Crippen molar-refractivity contribution in [2.75, 3.05) is 13.2 Å². The van der Waals surface area contributed by atoms with Gasteiger partial charge in [-0.1, -0.05) is 44.2 Å². The van der Waals surface area contributed by atoms with Gasteiger partial charge in [-0.2, -0.15) is 0 Å². The van der Waals surface area contributed by atoms with Crippen molar-refractivity contribution in [1.82, 2.24) is 15.3 Å². The highest BCUT2D eigenvalue weighted by atomic mass is 35.5. The van der Waals surface area contributed by atoms with E-state index >= 15 is 0 Å². The zero-order valence-corrected chi connectivity index (χ0v) is 13.8. The molecule has 1 heterocycles. The summed E-state index contributed by atoms with van der Waals surface area (Å²) in [6.07, 6.45) is 10.2. The highest BCUT2D eigenvalue weighted by molar-refractivity contribution is 6.30. The van der Waals surface area contributed by atoms with Gasteiger partial charge in [-0.25, -0.2) is 4.98 Å². The maximum Gasteiger partial charge on any atom is 0.151 e. The molecular formula is C16H28ClN3O. The Kier molecular flexibility index (Phi) is 7.54. The average Bonchev–Trinajstić information content (AvgIpc) is 2.86. The molecule has 21 heavy (non-hydrogen) atoms. The van der Waals surface area contributed by atoms with Crippen LogP contribution in [0.1, 0.15) is 63.4 Å². The Labute approximate surface area is 133 Å². The van der Waals surface area contributed by atoms with Crippen molar-refractivity contribution >= 4 is 11.6 Å². The second-order valence-corrected chi connectivity index (χ2v) is 6.22. The van der Waals surface area contributed by atoms with Gasteiger partial charge in [0.25, 0.3) is 0 Å². The fourth-order valence-electron chi connectivity index (χ4n) is 2.76. The Morgan fingerprint density at radius 1 is 1.33 bits per heavy atom. The maximum absolute atomic E-state index is 6.14. The van der Waals surface area contributed by atoms with E-state index in [1.807, 2.05) is 0 Å². The number of imidazole rings is 1. The minimum absolute atomic E-state index is 0.483. The number of H-pyrrole nitrogens is 1. The van der Waals surface area contributed by atoms with Gasteiger partial charge in [0, 0.05) is 19.5 Å². The summed E-state index contributed by atoms with van der Waals surface area (Å²) < 4.78 is 5.89. The van der Waals surface area contributed by atoms with Crippen molar-refractivity contribution in [3.05, 3.63) is 16.7 Å². The van der Waals surface area contributed by atoms with Crippen molar-refractivity contribution in [2.24, 2.45) is 0 Å². The largest absolute Gasteiger partial charge is 0.377 e. The average molecular weight is 314 g/mol. The predicted octanol–water partition coefficient (Wildman–Crippen LogP) is 3.84. The third-order valence-electron chi connectivity index (χ3n) is 4.03. The van der Waals surface area contributed by atoms with E-state index < -0.39 is 0 Å². The molecule has 1 aliphatic carbocycles. The summed E-state index contributed by atoms with van der Waals surface area (Å²) in [4.78, 5) is 7.67. The molecule has 1 saturated carbocycles. The molecule has 0 spiro atoms. The molecule has 2 N–H and O–H groups in total. The second-order valence-electron chi connectivity index (χ2n) is 5.86. The molecule has 1 aliphatic rings. The van der Waals surface area contributed by atoms with Crippen LogP contribution >= 0.6 is 11.6 Å². The number of nitrogens with one attached hydrogen (secondary N) is 2. The van der Waals surface area contributed by atoms with Crippen molar-refractivity contribution < 1.29 is 4.74 Å². The van der Waals surface area contributed by atoms with Gasteiger partial charge in [0.1, 0.15) is 5.82 Å². The number of ether oxygens (including phenoxy) is 1. The summed E-state index contributed by atoms with van der Waals surface area (Å²) in [5.74, 6) is 0.997. The number of nitrogens with zero attached hydrogens (tertiary/aromatic N) is 1. The van der Waals surface area contributed by atoms with Gasteiger partial charge >= 0.3 is 0 Å². The number of hydrogen-bond donors (Lipinski definition) is 2. The maximum atomic E-state index is 6.14. The first kappa shape index (κ1) is 16.8. The smallest absolute Gasteiger partial charge is 0.151 e. The van der Waals surface area contributed by atoms with Crippen LogP contribution in [-0.4, -0.2) is 29.2 Å². The van der Waals surface area contributed by atoms with E-state index in [1.54, 1.807) is 0 Å². The van der Waals surface area contributed by atoms with Crippen LogP contribution in [0.3, 0.4) is 0 Å². The lowest BCUT2D eigenvalue weighted by molar-refractivity contribution is 0.0302. The first-order chi connectivity index (χ1) is 10.3. The van der Waals surface area contributed by atoms with Gasteiger partial charge in [-0.3, -0.25) is 0 Å². The first-order valence-corrected chi connectivity index (χ1v) is 8.73. The summed E-state index contributed by atoms with van der Waals surface area (Å²) in [6, 6.07) is 0. The van der Waals surface area contributed by atoms with Gasteiger partial charge in [-0.15, -0.1) is 0 Å². The molecule has 1 fully saturated rings. The zero-order valence-electron chi connectivity index (χ0n) is 13.1. The molecule has 1 aromatic rings. The van der Waals surface area contributed by atoms with Crippen molar-refractivity contribution in [1.29, 1.82) is 0 Å². The number of aromatic amines is 1. The van der Waals surface area contributed by atoms with Crippen LogP contribution in [0, 0.1) is 0 Å². The molecule has 0 atom stereocenters. The van der Waals surface area contributed by atoms with Crippen molar-refractivity contribution in [2.45, 2.75) is 70.9 Å². The van der Waals surface area contributed by atoms with E-state index in [1.165, 1.54) is 38.5 Å². The fourth-order valence-corrected chi connectivity index (χ4v) is 2.98. The van der Waals surface area contributed by atoms with Crippen molar-refractivity contribution in [3.8, 4) is 0 Å². The number of hydrogen-bond acceptors (Lipinski definition) is 3. The van der Waals surface area contributed by atoms with E-state index in [0.29, 0.717) is 11.3 Å². The van der Waals surface area contributed by atoms with Crippen LogP contribution in [0.4, 0.5) is 0 Å². The molecule has 5 heteroatoms. The highest BCUT2D eigenvalue weighted by Crippen LogP contribution is 2.20. The number of aryl methyl sites for hydroxylation is 1. The second kappa shape index (κ2) is 9.44. The van der Waals surface area contributed by atoms with E-state index in [2.05, 4.69) is 22.2 Å². The molecule has 120 valence electrons. The first-order valence-electron chi connectivity index (χ1n) is 8.35. The van der Waals surface area contributed by atoms with Gasteiger partial charge in [-0.05, 0) is 19.3 Å². The molecule has 4 nitrogen and oxygen atoms in total. The number of rotatable bonds is 9. The third kappa shape index (κ3) is 5.97. The quantitative estimate of drug-likeness (QED) is 0.681. The predicted molar refractivity (Wildman–Crippen MR) is 86.7 cm³/mol. The van der Waals surface area contributed by atoms with Crippen molar-refractivity contribution in [3.63, 3.8) is 0 Å². The van der Waals surface area contributed by atoms with Crippen LogP contribution < -0.4 is 5.32 Å². The highest BCUT2D eigenvalue weighted by Gasteiger charge is 2.13. The standard InChI is InChI=1S/C16H28ClN3O/c1-2-3-9-15-19-14(16(17)20-15)12-18-10-11-21-13-7-5-4-6-8-13/h13,18H,2-12H2,1H3,(H,19,20). The molecule has 0 aromatic carbocycles. The van der Waals surface area contributed by atoms with Crippen LogP contribution in [0.5, 0.6) is 0 Å².